The number of alkyl halides is 1. The van der Waals surface area contributed by atoms with Crippen LogP contribution in [0.1, 0.15) is 5.56 Å². The van der Waals surface area contributed by atoms with Crippen LogP contribution in [0.5, 0.6) is 0 Å². The number of dihydropyridines is 1. The topological polar surface area (TPSA) is 86.0 Å². The van der Waals surface area contributed by atoms with E-state index in [0.717, 1.165) is 10.0 Å². The van der Waals surface area contributed by atoms with Crippen LogP contribution in [0.3, 0.4) is 0 Å². The molecule has 94 valence electrons. The first-order valence-corrected chi connectivity index (χ1v) is 7.06. The van der Waals surface area contributed by atoms with Gasteiger partial charge in [0.15, 0.2) is 0 Å². The minimum absolute atomic E-state index is 0.261. The van der Waals surface area contributed by atoms with Crippen molar-refractivity contribution in [2.75, 3.05) is 0 Å². The Balaban J connectivity index is 2.54. The molecular weight excluding hydrogens is 372 g/mol. The highest BCUT2D eigenvalue weighted by atomic mass is 79.9. The molecule has 6 heteroatoms. The van der Waals surface area contributed by atoms with Crippen LogP contribution >= 0.6 is 31.9 Å². The van der Waals surface area contributed by atoms with Gasteiger partial charge in [-0.2, -0.15) is 10.5 Å². The van der Waals surface area contributed by atoms with Crippen molar-refractivity contribution in [1.82, 2.24) is 0 Å². The van der Waals surface area contributed by atoms with E-state index in [-0.39, 0.29) is 5.70 Å². The standard InChI is InChI=1S/C13H8Br2N4/c14-8-3-1-2-7(4-8)12-9(5-16)11(18)10(6-17)13(15)19-12/h1-4,9,13H,18H2/t9-,13-/m0/s1. The molecular formula is C13H8Br2N4. The van der Waals surface area contributed by atoms with Crippen LogP contribution in [0.15, 0.2) is 45.0 Å². The Labute approximate surface area is 127 Å². The Morgan fingerprint density at radius 1 is 1.32 bits per heavy atom. The SMILES string of the molecule is N#CC1=C(N)[C@H](C#N)C(c2cccc(Br)c2)=N[C@@H]1Br. The van der Waals surface area contributed by atoms with Crippen LogP contribution in [0.25, 0.3) is 0 Å². The Bertz CT molecular complexity index is 664. The van der Waals surface area contributed by atoms with Crippen molar-refractivity contribution < 1.29 is 0 Å². The third-order valence-corrected chi connectivity index (χ3v) is 3.91. The van der Waals surface area contributed by atoms with Gasteiger partial charge in [0.05, 0.1) is 23.4 Å². The van der Waals surface area contributed by atoms with Crippen LogP contribution in [0, 0.1) is 28.6 Å². The molecule has 2 rings (SSSR count). The summed E-state index contributed by atoms with van der Waals surface area (Å²) in [5, 5.41) is 18.3. The lowest BCUT2D eigenvalue weighted by molar-refractivity contribution is 0.902. The van der Waals surface area contributed by atoms with E-state index < -0.39 is 10.9 Å². The molecule has 1 heterocycles. The monoisotopic (exact) mass is 378 g/mol. The third-order valence-electron chi connectivity index (χ3n) is 2.76. The summed E-state index contributed by atoms with van der Waals surface area (Å²) in [6.07, 6.45) is 0. The van der Waals surface area contributed by atoms with Crippen LogP contribution in [-0.2, 0) is 0 Å². The van der Waals surface area contributed by atoms with E-state index in [4.69, 9.17) is 11.0 Å². The van der Waals surface area contributed by atoms with Crippen molar-refractivity contribution in [1.29, 1.82) is 10.5 Å². The quantitative estimate of drug-likeness (QED) is 0.601. The van der Waals surface area contributed by atoms with Crippen molar-refractivity contribution >= 4 is 37.6 Å². The van der Waals surface area contributed by atoms with Gasteiger partial charge in [-0.25, -0.2) is 0 Å². The Morgan fingerprint density at radius 3 is 2.63 bits per heavy atom. The molecule has 0 aromatic heterocycles. The molecule has 2 atom stereocenters. The van der Waals surface area contributed by atoms with E-state index in [1.54, 1.807) is 0 Å². The number of hydrogen-bond acceptors (Lipinski definition) is 4. The van der Waals surface area contributed by atoms with E-state index in [2.05, 4.69) is 42.9 Å². The molecule has 0 saturated heterocycles. The molecule has 0 saturated carbocycles. The summed E-state index contributed by atoms with van der Waals surface area (Å²) in [6, 6.07) is 11.6. The lowest BCUT2D eigenvalue weighted by Crippen LogP contribution is -2.29. The number of benzene rings is 1. The number of halogens is 2. The van der Waals surface area contributed by atoms with Gasteiger partial charge in [0.2, 0.25) is 0 Å². The first-order chi connectivity index (χ1) is 9.08. The zero-order chi connectivity index (χ0) is 14.0. The number of nitriles is 2. The fraction of sp³-hybridized carbons (Fsp3) is 0.154. The summed E-state index contributed by atoms with van der Waals surface area (Å²) in [5.41, 5.74) is 7.85. The smallest absolute Gasteiger partial charge is 0.141 e. The predicted octanol–water partition coefficient (Wildman–Crippen LogP) is 2.85. The molecule has 19 heavy (non-hydrogen) atoms. The van der Waals surface area contributed by atoms with Crippen LogP contribution in [0.2, 0.25) is 0 Å². The highest BCUT2D eigenvalue weighted by Crippen LogP contribution is 2.29. The molecule has 0 fully saturated rings. The molecule has 0 aliphatic carbocycles. The van der Waals surface area contributed by atoms with E-state index in [9.17, 15) is 5.26 Å². The van der Waals surface area contributed by atoms with Gasteiger partial charge in [-0.15, -0.1) is 0 Å². The second-order valence-corrected chi connectivity index (χ2v) is 5.69. The first kappa shape index (κ1) is 13.8. The third kappa shape index (κ3) is 2.56. The van der Waals surface area contributed by atoms with E-state index in [0.29, 0.717) is 11.3 Å². The fourth-order valence-corrected chi connectivity index (χ4v) is 2.83. The molecule has 4 nitrogen and oxygen atoms in total. The van der Waals surface area contributed by atoms with Crippen molar-refractivity contribution in [3.05, 3.63) is 45.6 Å². The average Bonchev–Trinajstić information content (AvgIpc) is 2.38. The first-order valence-electron chi connectivity index (χ1n) is 5.35. The van der Waals surface area contributed by atoms with E-state index >= 15 is 0 Å². The predicted molar refractivity (Wildman–Crippen MR) is 79.3 cm³/mol. The van der Waals surface area contributed by atoms with E-state index in [1.807, 2.05) is 30.3 Å². The number of nitrogens with two attached hydrogens (primary N) is 1. The molecule has 0 unspecified atom stereocenters. The molecule has 2 N–H and O–H groups in total. The molecule has 0 amide bonds. The molecule has 0 bridgehead atoms. The van der Waals surface area contributed by atoms with E-state index in [1.165, 1.54) is 0 Å². The minimum atomic E-state index is -0.697. The largest absolute Gasteiger partial charge is 0.400 e. The summed E-state index contributed by atoms with van der Waals surface area (Å²) in [6.45, 7) is 0. The average molecular weight is 380 g/mol. The van der Waals surface area contributed by atoms with Crippen molar-refractivity contribution in [2.24, 2.45) is 16.6 Å². The Hall–Kier alpha value is -1.63. The van der Waals surface area contributed by atoms with Gasteiger partial charge in [0.1, 0.15) is 10.9 Å². The Kier molecular flexibility index (Phi) is 4.04. The second-order valence-electron chi connectivity index (χ2n) is 3.90. The molecule has 1 aromatic carbocycles. The van der Waals surface area contributed by atoms with Crippen molar-refractivity contribution in [3.8, 4) is 12.1 Å². The lowest BCUT2D eigenvalue weighted by Gasteiger charge is -2.22. The van der Waals surface area contributed by atoms with Gasteiger partial charge >= 0.3 is 0 Å². The second kappa shape index (κ2) is 5.56. The van der Waals surface area contributed by atoms with Gasteiger partial charge < -0.3 is 5.73 Å². The lowest BCUT2D eigenvalue weighted by atomic mass is 9.90. The molecule has 1 aliphatic rings. The summed E-state index contributed by atoms with van der Waals surface area (Å²) in [4.78, 5) is 3.87. The van der Waals surface area contributed by atoms with Gasteiger partial charge in [-0.3, -0.25) is 4.99 Å². The van der Waals surface area contributed by atoms with Crippen LogP contribution in [0.4, 0.5) is 0 Å². The number of allylic oxidation sites excluding steroid dienone is 1. The van der Waals surface area contributed by atoms with Crippen molar-refractivity contribution in [3.63, 3.8) is 0 Å². The summed E-state index contributed by atoms with van der Waals surface area (Å²) in [5.74, 6) is -0.697. The van der Waals surface area contributed by atoms with Crippen molar-refractivity contribution in [2.45, 2.75) is 4.95 Å². The van der Waals surface area contributed by atoms with Gasteiger partial charge in [0, 0.05) is 10.2 Å². The number of rotatable bonds is 1. The molecule has 0 radical (unpaired) electrons. The molecule has 1 aliphatic heterocycles. The summed E-state index contributed by atoms with van der Waals surface area (Å²) in [7, 11) is 0. The fourth-order valence-electron chi connectivity index (χ4n) is 1.84. The summed E-state index contributed by atoms with van der Waals surface area (Å²) < 4.78 is 0.893. The zero-order valence-corrected chi connectivity index (χ0v) is 12.8. The highest BCUT2D eigenvalue weighted by molar-refractivity contribution is 9.10. The van der Waals surface area contributed by atoms with Crippen LogP contribution in [-0.4, -0.2) is 10.7 Å². The minimum Gasteiger partial charge on any atom is -0.400 e. The Morgan fingerprint density at radius 2 is 2.05 bits per heavy atom. The number of hydrogen-bond donors (Lipinski definition) is 1. The molecule has 0 spiro atoms. The maximum atomic E-state index is 9.28. The van der Waals surface area contributed by atoms with Crippen LogP contribution < -0.4 is 5.73 Å². The molecule has 1 aromatic rings. The van der Waals surface area contributed by atoms with Gasteiger partial charge in [-0.05, 0) is 17.7 Å². The maximum absolute atomic E-state index is 9.28. The maximum Gasteiger partial charge on any atom is 0.141 e. The normalized spacial score (nSPS) is 22.4. The summed E-state index contributed by atoms with van der Waals surface area (Å²) >= 11 is 6.68. The zero-order valence-electron chi connectivity index (χ0n) is 9.64. The number of aliphatic imine (C=N–C) groups is 1. The van der Waals surface area contributed by atoms with Gasteiger partial charge in [0.25, 0.3) is 0 Å². The highest BCUT2D eigenvalue weighted by Gasteiger charge is 2.30. The number of nitrogens with zero attached hydrogens (tertiary/aromatic N) is 3. The van der Waals surface area contributed by atoms with Gasteiger partial charge in [-0.1, -0.05) is 44.0 Å².